The van der Waals surface area contributed by atoms with Crippen molar-refractivity contribution >= 4 is 5.96 Å². The molecule has 4 bridgehead atoms. The van der Waals surface area contributed by atoms with Crippen molar-refractivity contribution in [3.8, 4) is 0 Å². The van der Waals surface area contributed by atoms with E-state index in [1.54, 1.807) is 0 Å². The molecule has 5 aliphatic rings. The Kier molecular flexibility index (Phi) is 6.31. The highest BCUT2D eigenvalue weighted by Crippen LogP contribution is 2.57. The fourth-order valence-corrected chi connectivity index (χ4v) is 7.00. The molecule has 0 amide bonds. The molecule has 0 aromatic heterocycles. The molecule has 0 radical (unpaired) electrons. The van der Waals surface area contributed by atoms with E-state index in [0.29, 0.717) is 5.54 Å². The second-order valence-corrected chi connectivity index (χ2v) is 10.3. The number of rotatable bonds is 9. The Balaban J connectivity index is 1.13. The normalized spacial score (nSPS) is 35.9. The van der Waals surface area contributed by atoms with Gasteiger partial charge in [-0.15, -0.1) is 0 Å². The van der Waals surface area contributed by atoms with Gasteiger partial charge in [-0.1, -0.05) is 19.3 Å². The van der Waals surface area contributed by atoms with Crippen LogP contribution in [0.5, 0.6) is 0 Å². The lowest BCUT2D eigenvalue weighted by Crippen LogP contribution is -2.61. The first-order valence-electron chi connectivity index (χ1n) is 11.9. The lowest BCUT2D eigenvalue weighted by Gasteiger charge is -2.60. The minimum Gasteiger partial charge on any atom is -0.370 e. The van der Waals surface area contributed by atoms with Crippen LogP contribution in [-0.4, -0.2) is 54.5 Å². The van der Waals surface area contributed by atoms with E-state index in [9.17, 15) is 0 Å². The number of hydrogen-bond donors (Lipinski definition) is 1. The van der Waals surface area contributed by atoms with Gasteiger partial charge in [0.25, 0.3) is 0 Å². The maximum absolute atomic E-state index is 6.44. The van der Waals surface area contributed by atoms with Crippen LogP contribution in [-0.2, 0) is 0 Å². The molecule has 5 rings (SSSR count). The van der Waals surface area contributed by atoms with Crippen LogP contribution in [0.4, 0.5) is 0 Å². The van der Waals surface area contributed by atoms with Crippen molar-refractivity contribution in [1.29, 1.82) is 0 Å². The lowest BCUT2D eigenvalue weighted by atomic mass is 9.52. The molecule has 5 fully saturated rings. The summed E-state index contributed by atoms with van der Waals surface area (Å²) in [5.41, 5.74) is 6.79. The number of aliphatic imine (C=N–C) groups is 1. The van der Waals surface area contributed by atoms with Crippen LogP contribution in [0.15, 0.2) is 4.99 Å². The van der Waals surface area contributed by atoms with E-state index >= 15 is 0 Å². The molecule has 4 heteroatoms. The van der Waals surface area contributed by atoms with Gasteiger partial charge in [0.1, 0.15) is 0 Å². The van der Waals surface area contributed by atoms with Gasteiger partial charge in [0, 0.05) is 19.1 Å². The molecular formula is C23H42N4. The molecule has 4 aliphatic carbocycles. The average Bonchev–Trinajstić information content (AvgIpc) is 3.15. The van der Waals surface area contributed by atoms with E-state index in [0.717, 1.165) is 30.3 Å². The number of hydrogen-bond acceptors (Lipinski definition) is 2. The summed E-state index contributed by atoms with van der Waals surface area (Å²) in [6.45, 7) is 4.91. The molecular weight excluding hydrogens is 332 g/mol. The van der Waals surface area contributed by atoms with Gasteiger partial charge in [-0.2, -0.15) is 0 Å². The average molecular weight is 375 g/mol. The number of nitrogens with zero attached hydrogens (tertiary/aromatic N) is 3. The molecule has 1 aliphatic heterocycles. The van der Waals surface area contributed by atoms with Crippen molar-refractivity contribution in [2.24, 2.45) is 28.5 Å². The number of likely N-dealkylation sites (tertiary alicyclic amines) is 1. The molecule has 0 spiro atoms. The van der Waals surface area contributed by atoms with Gasteiger partial charge in [0.2, 0.25) is 0 Å². The summed E-state index contributed by atoms with van der Waals surface area (Å²) in [5, 5.41) is 0. The van der Waals surface area contributed by atoms with Gasteiger partial charge in [-0.25, -0.2) is 0 Å². The van der Waals surface area contributed by atoms with E-state index in [1.165, 1.54) is 103 Å². The summed E-state index contributed by atoms with van der Waals surface area (Å²) in [6, 6.07) is 0. The van der Waals surface area contributed by atoms with E-state index in [-0.39, 0.29) is 0 Å². The van der Waals surface area contributed by atoms with E-state index in [1.807, 2.05) is 0 Å². The van der Waals surface area contributed by atoms with Crippen LogP contribution in [0.2, 0.25) is 0 Å². The van der Waals surface area contributed by atoms with Crippen LogP contribution in [0, 0.1) is 17.8 Å². The molecule has 4 nitrogen and oxygen atoms in total. The highest BCUT2D eigenvalue weighted by atomic mass is 15.3. The Bertz CT molecular complexity index is 473. The summed E-state index contributed by atoms with van der Waals surface area (Å²) in [4.78, 5) is 9.80. The van der Waals surface area contributed by atoms with Crippen LogP contribution in [0.25, 0.3) is 0 Å². The topological polar surface area (TPSA) is 44.9 Å². The minimum absolute atomic E-state index is 0.345. The number of nitrogens with two attached hydrogens (primary N) is 1. The lowest BCUT2D eigenvalue weighted by molar-refractivity contribution is -0.0550. The molecule has 2 N–H and O–H groups in total. The zero-order chi connectivity index (χ0) is 18.7. The molecule has 0 unspecified atom stereocenters. The summed E-state index contributed by atoms with van der Waals surface area (Å²) in [6.07, 6.45) is 18.0. The van der Waals surface area contributed by atoms with Crippen LogP contribution in [0.1, 0.15) is 83.5 Å². The highest BCUT2D eigenvalue weighted by Gasteiger charge is 2.53. The number of guanidine groups is 1. The van der Waals surface area contributed by atoms with E-state index < -0.39 is 0 Å². The van der Waals surface area contributed by atoms with Gasteiger partial charge in [-0.05, 0) is 102 Å². The van der Waals surface area contributed by atoms with Gasteiger partial charge in [0.05, 0.1) is 0 Å². The highest BCUT2D eigenvalue weighted by molar-refractivity contribution is 5.78. The van der Waals surface area contributed by atoms with Gasteiger partial charge >= 0.3 is 0 Å². The Morgan fingerprint density at radius 3 is 2.11 bits per heavy atom. The van der Waals surface area contributed by atoms with Crippen LogP contribution in [0.3, 0.4) is 0 Å². The predicted molar refractivity (Wildman–Crippen MR) is 114 cm³/mol. The standard InChI is InChI=1S/C23H42N4/c1-26(23-16-19-13-20(17-23)15-21(14-19)18-23)22(24)25-9-5-3-2-4-6-10-27-11-7-8-12-27/h19-21H,2-18H2,1H3,(H2,24,25). The Morgan fingerprint density at radius 1 is 0.926 bits per heavy atom. The second-order valence-electron chi connectivity index (χ2n) is 10.3. The van der Waals surface area contributed by atoms with Crippen molar-refractivity contribution in [2.45, 2.75) is 89.0 Å². The summed E-state index contributed by atoms with van der Waals surface area (Å²) in [7, 11) is 2.23. The Morgan fingerprint density at radius 2 is 1.48 bits per heavy atom. The molecule has 0 aromatic rings. The SMILES string of the molecule is CN(C(N)=NCCCCCCCN1CCCC1)C12CC3CC(CC(C3)C1)C2. The molecule has 154 valence electrons. The van der Waals surface area contributed by atoms with Crippen molar-refractivity contribution in [2.75, 3.05) is 33.2 Å². The number of unbranched alkanes of at least 4 members (excludes halogenated alkanes) is 4. The maximum atomic E-state index is 6.44. The van der Waals surface area contributed by atoms with Gasteiger partial charge in [0.15, 0.2) is 5.96 Å². The van der Waals surface area contributed by atoms with Crippen molar-refractivity contribution in [3.63, 3.8) is 0 Å². The molecule has 1 saturated heterocycles. The monoisotopic (exact) mass is 374 g/mol. The Hall–Kier alpha value is -0.770. The molecule has 4 saturated carbocycles. The maximum Gasteiger partial charge on any atom is 0.191 e. The fraction of sp³-hybridized carbons (Fsp3) is 0.957. The van der Waals surface area contributed by atoms with Crippen LogP contribution >= 0.6 is 0 Å². The molecule has 0 atom stereocenters. The third kappa shape index (κ3) is 4.63. The second kappa shape index (κ2) is 8.71. The first-order chi connectivity index (χ1) is 13.1. The quantitative estimate of drug-likeness (QED) is 0.373. The fourth-order valence-electron chi connectivity index (χ4n) is 7.00. The Labute approximate surface area is 166 Å². The van der Waals surface area contributed by atoms with Gasteiger partial charge < -0.3 is 15.5 Å². The smallest absolute Gasteiger partial charge is 0.191 e. The van der Waals surface area contributed by atoms with E-state index in [2.05, 4.69) is 16.8 Å². The van der Waals surface area contributed by atoms with Gasteiger partial charge in [-0.3, -0.25) is 4.99 Å². The van der Waals surface area contributed by atoms with E-state index in [4.69, 9.17) is 10.7 Å². The molecule has 27 heavy (non-hydrogen) atoms. The largest absolute Gasteiger partial charge is 0.370 e. The summed E-state index contributed by atoms with van der Waals surface area (Å²) >= 11 is 0. The first-order valence-corrected chi connectivity index (χ1v) is 11.9. The zero-order valence-corrected chi connectivity index (χ0v) is 17.7. The zero-order valence-electron chi connectivity index (χ0n) is 17.7. The third-order valence-electron chi connectivity index (χ3n) is 8.17. The molecule has 1 heterocycles. The summed E-state index contributed by atoms with van der Waals surface area (Å²) in [5.74, 6) is 3.71. The predicted octanol–water partition coefficient (Wildman–Crippen LogP) is 4.25. The minimum atomic E-state index is 0.345. The first kappa shape index (κ1) is 19.5. The molecule has 0 aromatic carbocycles. The summed E-state index contributed by atoms with van der Waals surface area (Å²) < 4.78 is 0. The van der Waals surface area contributed by atoms with Crippen LogP contribution < -0.4 is 5.73 Å². The van der Waals surface area contributed by atoms with Crippen molar-refractivity contribution in [1.82, 2.24) is 9.80 Å². The third-order valence-corrected chi connectivity index (χ3v) is 8.17. The van der Waals surface area contributed by atoms with Crippen molar-refractivity contribution < 1.29 is 0 Å². The van der Waals surface area contributed by atoms with Crippen molar-refractivity contribution in [3.05, 3.63) is 0 Å².